The summed E-state index contributed by atoms with van der Waals surface area (Å²) in [6.45, 7) is 9.35. The zero-order valence-electron chi connectivity index (χ0n) is 11.0. The van der Waals surface area contributed by atoms with E-state index >= 15 is 0 Å². The molecular formula is C14H23NO. The van der Waals surface area contributed by atoms with E-state index in [1.807, 2.05) is 7.05 Å². The third-order valence-corrected chi connectivity index (χ3v) is 2.70. The largest absolute Gasteiger partial charge is 0.493 e. The smallest absolute Gasteiger partial charge is 0.122 e. The molecule has 0 spiro atoms. The fraction of sp³-hybridized carbons (Fsp3) is 0.571. The maximum Gasteiger partial charge on any atom is 0.122 e. The van der Waals surface area contributed by atoms with Gasteiger partial charge in [-0.1, -0.05) is 26.0 Å². The Morgan fingerprint density at radius 2 is 1.94 bits per heavy atom. The third kappa shape index (κ3) is 3.53. The van der Waals surface area contributed by atoms with Gasteiger partial charge in [-0.05, 0) is 44.0 Å². The van der Waals surface area contributed by atoms with Crippen LogP contribution in [0, 0.1) is 12.8 Å². The highest BCUT2D eigenvalue weighted by Gasteiger charge is 2.06. The Balaban J connectivity index is 2.75. The van der Waals surface area contributed by atoms with E-state index in [1.165, 1.54) is 11.1 Å². The van der Waals surface area contributed by atoms with Gasteiger partial charge < -0.3 is 10.1 Å². The van der Waals surface area contributed by atoms with Crippen molar-refractivity contribution in [2.75, 3.05) is 13.7 Å². The van der Waals surface area contributed by atoms with Gasteiger partial charge in [0, 0.05) is 6.04 Å². The minimum absolute atomic E-state index is 0.387. The summed E-state index contributed by atoms with van der Waals surface area (Å²) < 4.78 is 5.75. The Bertz CT molecular complexity index is 334. The topological polar surface area (TPSA) is 21.3 Å². The van der Waals surface area contributed by atoms with E-state index in [4.69, 9.17) is 4.74 Å². The van der Waals surface area contributed by atoms with E-state index in [1.54, 1.807) is 0 Å². The van der Waals surface area contributed by atoms with Crippen molar-refractivity contribution >= 4 is 0 Å². The number of rotatable bonds is 5. The molecule has 0 saturated carbocycles. The van der Waals surface area contributed by atoms with Crippen LogP contribution in [-0.4, -0.2) is 13.7 Å². The molecule has 2 nitrogen and oxygen atoms in total. The molecule has 1 atom stereocenters. The molecule has 0 heterocycles. The zero-order chi connectivity index (χ0) is 12.1. The molecule has 0 saturated heterocycles. The molecular weight excluding hydrogens is 198 g/mol. The summed E-state index contributed by atoms with van der Waals surface area (Å²) in [4.78, 5) is 0. The van der Waals surface area contributed by atoms with Gasteiger partial charge in [-0.3, -0.25) is 0 Å². The molecule has 1 aromatic carbocycles. The normalized spacial score (nSPS) is 12.9. The lowest BCUT2D eigenvalue weighted by atomic mass is 10.1. The van der Waals surface area contributed by atoms with Crippen molar-refractivity contribution in [3.8, 4) is 5.75 Å². The van der Waals surface area contributed by atoms with Crippen LogP contribution in [0.5, 0.6) is 5.75 Å². The van der Waals surface area contributed by atoms with Crippen LogP contribution in [-0.2, 0) is 0 Å². The summed E-state index contributed by atoms with van der Waals surface area (Å²) in [7, 11) is 1.98. The van der Waals surface area contributed by atoms with Gasteiger partial charge >= 0.3 is 0 Å². The average Bonchev–Trinajstić information content (AvgIpc) is 2.26. The van der Waals surface area contributed by atoms with Gasteiger partial charge in [0.05, 0.1) is 6.61 Å². The van der Waals surface area contributed by atoms with Crippen molar-refractivity contribution in [1.82, 2.24) is 5.32 Å². The fourth-order valence-corrected chi connectivity index (χ4v) is 1.53. The maximum atomic E-state index is 5.75. The number of benzene rings is 1. The quantitative estimate of drug-likeness (QED) is 0.823. The molecule has 0 aromatic heterocycles. The van der Waals surface area contributed by atoms with E-state index in [-0.39, 0.29) is 0 Å². The second-order valence-corrected chi connectivity index (χ2v) is 4.74. The molecule has 0 bridgehead atoms. The van der Waals surface area contributed by atoms with Crippen LogP contribution in [0.4, 0.5) is 0 Å². The zero-order valence-corrected chi connectivity index (χ0v) is 11.0. The monoisotopic (exact) mass is 221 g/mol. The first-order valence-corrected chi connectivity index (χ1v) is 5.95. The van der Waals surface area contributed by atoms with Gasteiger partial charge in [0.15, 0.2) is 0 Å². The predicted octanol–water partition coefficient (Wildman–Crippen LogP) is 3.31. The molecule has 1 rings (SSSR count). The van der Waals surface area contributed by atoms with Crippen LogP contribution in [0.15, 0.2) is 18.2 Å². The van der Waals surface area contributed by atoms with Gasteiger partial charge in [0.2, 0.25) is 0 Å². The lowest BCUT2D eigenvalue weighted by Gasteiger charge is -2.15. The van der Waals surface area contributed by atoms with Crippen LogP contribution in [0.25, 0.3) is 0 Å². The van der Waals surface area contributed by atoms with Gasteiger partial charge in [-0.25, -0.2) is 0 Å². The molecule has 2 heteroatoms. The molecule has 1 unspecified atom stereocenters. The summed E-state index contributed by atoms with van der Waals surface area (Å²) in [6, 6.07) is 6.78. The van der Waals surface area contributed by atoms with Crippen molar-refractivity contribution < 1.29 is 4.74 Å². The first kappa shape index (κ1) is 13.0. The Morgan fingerprint density at radius 3 is 2.44 bits per heavy atom. The Kier molecular flexibility index (Phi) is 4.81. The molecule has 1 aromatic rings. The van der Waals surface area contributed by atoms with E-state index in [0.717, 1.165) is 12.4 Å². The standard InChI is InChI=1S/C14H23NO/c1-10(2)9-16-14-7-6-13(8-11(14)3)12(4)15-5/h6-8,10,12,15H,9H2,1-5H3. The highest BCUT2D eigenvalue weighted by atomic mass is 16.5. The summed E-state index contributed by atoms with van der Waals surface area (Å²) in [5, 5.41) is 3.24. The SMILES string of the molecule is CNC(C)c1ccc(OCC(C)C)c(C)c1. The molecule has 90 valence electrons. The van der Waals surface area contributed by atoms with Gasteiger partial charge in [-0.15, -0.1) is 0 Å². The second-order valence-electron chi connectivity index (χ2n) is 4.74. The van der Waals surface area contributed by atoms with E-state index in [2.05, 4.69) is 51.2 Å². The Labute approximate surface area is 99.0 Å². The van der Waals surface area contributed by atoms with Crippen molar-refractivity contribution in [3.05, 3.63) is 29.3 Å². The van der Waals surface area contributed by atoms with Crippen molar-refractivity contribution in [2.24, 2.45) is 5.92 Å². The number of hydrogen-bond donors (Lipinski definition) is 1. The van der Waals surface area contributed by atoms with E-state index < -0.39 is 0 Å². The van der Waals surface area contributed by atoms with Gasteiger partial charge in [0.25, 0.3) is 0 Å². The highest BCUT2D eigenvalue weighted by molar-refractivity contribution is 5.37. The minimum Gasteiger partial charge on any atom is -0.493 e. The molecule has 0 aliphatic heterocycles. The lowest BCUT2D eigenvalue weighted by molar-refractivity contribution is 0.269. The number of aryl methyl sites for hydroxylation is 1. The second kappa shape index (κ2) is 5.90. The van der Waals surface area contributed by atoms with Crippen LogP contribution in [0.2, 0.25) is 0 Å². The van der Waals surface area contributed by atoms with Crippen LogP contribution in [0.1, 0.15) is 37.9 Å². The Hall–Kier alpha value is -1.02. The summed E-state index contributed by atoms with van der Waals surface area (Å²) in [6.07, 6.45) is 0. The molecule has 0 amide bonds. The number of ether oxygens (including phenoxy) is 1. The molecule has 0 radical (unpaired) electrons. The minimum atomic E-state index is 0.387. The van der Waals surface area contributed by atoms with Crippen LogP contribution >= 0.6 is 0 Å². The molecule has 0 aliphatic carbocycles. The lowest BCUT2D eigenvalue weighted by Crippen LogP contribution is -2.12. The molecule has 1 N–H and O–H groups in total. The van der Waals surface area contributed by atoms with Crippen molar-refractivity contribution in [3.63, 3.8) is 0 Å². The molecule has 16 heavy (non-hydrogen) atoms. The molecule has 0 aliphatic rings. The van der Waals surface area contributed by atoms with Gasteiger partial charge in [0.1, 0.15) is 5.75 Å². The molecule has 0 fully saturated rings. The first-order chi connectivity index (χ1) is 7.54. The first-order valence-electron chi connectivity index (χ1n) is 5.95. The van der Waals surface area contributed by atoms with Crippen molar-refractivity contribution in [2.45, 2.75) is 33.7 Å². The fourth-order valence-electron chi connectivity index (χ4n) is 1.53. The van der Waals surface area contributed by atoms with E-state index in [9.17, 15) is 0 Å². The number of hydrogen-bond acceptors (Lipinski definition) is 2. The average molecular weight is 221 g/mol. The van der Waals surface area contributed by atoms with E-state index in [0.29, 0.717) is 12.0 Å². The van der Waals surface area contributed by atoms with Gasteiger partial charge in [-0.2, -0.15) is 0 Å². The summed E-state index contributed by atoms with van der Waals surface area (Å²) in [5.41, 5.74) is 2.51. The predicted molar refractivity (Wildman–Crippen MR) is 69.0 cm³/mol. The third-order valence-electron chi connectivity index (χ3n) is 2.70. The van der Waals surface area contributed by atoms with Crippen LogP contribution < -0.4 is 10.1 Å². The van der Waals surface area contributed by atoms with Crippen LogP contribution in [0.3, 0.4) is 0 Å². The Morgan fingerprint density at radius 1 is 1.25 bits per heavy atom. The van der Waals surface area contributed by atoms with Crippen molar-refractivity contribution in [1.29, 1.82) is 0 Å². The highest BCUT2D eigenvalue weighted by Crippen LogP contribution is 2.22. The number of nitrogens with one attached hydrogen (secondary N) is 1. The maximum absolute atomic E-state index is 5.75. The summed E-state index contributed by atoms with van der Waals surface area (Å²) in [5.74, 6) is 1.57. The summed E-state index contributed by atoms with van der Waals surface area (Å²) >= 11 is 0.